The summed E-state index contributed by atoms with van der Waals surface area (Å²) in [7, 11) is -4.25. The van der Waals surface area contributed by atoms with Gasteiger partial charge in [0.25, 0.3) is 10.1 Å². The van der Waals surface area contributed by atoms with E-state index in [0.29, 0.717) is 18.3 Å². The van der Waals surface area contributed by atoms with Crippen LogP contribution in [0.1, 0.15) is 155 Å². The number of hydrogen-bond donors (Lipinski definition) is 2. The molecule has 0 aliphatic carbocycles. The maximum atomic E-state index is 14.2. The average molecular weight is 600 g/mol. The Morgan fingerprint density at radius 1 is 0.902 bits per heavy atom. The van der Waals surface area contributed by atoms with E-state index in [0.717, 1.165) is 25.7 Å². The fourth-order valence-corrected chi connectivity index (χ4v) is 8.13. The molecule has 1 amide bonds. The summed E-state index contributed by atoms with van der Waals surface area (Å²) in [5, 5.41) is 3.03. The maximum Gasteiger partial charge on any atom is 0.267 e. The lowest BCUT2D eigenvalue weighted by molar-refractivity contribution is -0.133. The normalized spacial score (nSPS) is 16.8. The lowest BCUT2D eigenvalue weighted by Gasteiger charge is -2.54. The zero-order chi connectivity index (χ0) is 32.7. The Bertz CT molecular complexity index is 957. The minimum Gasteiger partial charge on any atom is -0.350 e. The quantitative estimate of drug-likeness (QED) is 0.114. The van der Waals surface area contributed by atoms with Gasteiger partial charge in [-0.1, -0.05) is 121 Å². The molecule has 0 saturated carbocycles. The summed E-state index contributed by atoms with van der Waals surface area (Å²) in [6.07, 6.45) is 10.6. The number of nitrogens with one attached hydrogen (secondary N) is 1. The molecule has 0 aromatic carbocycles. The van der Waals surface area contributed by atoms with E-state index < -0.39 is 26.8 Å². The van der Waals surface area contributed by atoms with Gasteiger partial charge in [-0.25, -0.2) is 0 Å². The molecule has 3 unspecified atom stereocenters. The Balaban J connectivity index is 6.81. The van der Waals surface area contributed by atoms with Crippen molar-refractivity contribution in [1.29, 1.82) is 0 Å². The molecule has 6 heteroatoms. The summed E-state index contributed by atoms with van der Waals surface area (Å²) in [5.41, 5.74) is -0.311. The Morgan fingerprint density at radius 3 is 1.85 bits per heavy atom. The van der Waals surface area contributed by atoms with E-state index in [1.54, 1.807) is 13.8 Å². The first-order valence-electron chi connectivity index (χ1n) is 16.3. The molecule has 0 saturated heterocycles. The van der Waals surface area contributed by atoms with Crippen LogP contribution in [0, 0.1) is 39.4 Å². The van der Waals surface area contributed by atoms with Crippen LogP contribution in [0.5, 0.6) is 0 Å². The molecule has 0 aliphatic rings. The van der Waals surface area contributed by atoms with Crippen molar-refractivity contribution in [1.82, 2.24) is 5.32 Å². The van der Waals surface area contributed by atoms with E-state index in [1.807, 2.05) is 0 Å². The monoisotopic (exact) mass is 599 g/mol. The molecule has 0 radical (unpaired) electrons. The van der Waals surface area contributed by atoms with Crippen LogP contribution in [0.4, 0.5) is 0 Å². The third-order valence-corrected chi connectivity index (χ3v) is 11.9. The molecular weight excluding hydrogens is 530 g/mol. The van der Waals surface area contributed by atoms with E-state index in [9.17, 15) is 17.8 Å². The number of carbonyl (C=O) groups is 1. The van der Waals surface area contributed by atoms with Crippen molar-refractivity contribution in [2.24, 2.45) is 39.4 Å². The van der Waals surface area contributed by atoms with Gasteiger partial charge in [-0.15, -0.1) is 0 Å². The predicted octanol–water partition coefficient (Wildman–Crippen LogP) is 9.87. The van der Waals surface area contributed by atoms with E-state index in [1.165, 1.54) is 24.8 Å². The second kappa shape index (κ2) is 15.2. The minimum absolute atomic E-state index is 0.0642. The number of carbonyl (C=O) groups excluding carboxylic acids is 1. The van der Waals surface area contributed by atoms with Crippen LogP contribution in [-0.4, -0.2) is 30.2 Å². The van der Waals surface area contributed by atoms with Gasteiger partial charge < -0.3 is 5.32 Å². The van der Waals surface area contributed by atoms with Crippen LogP contribution in [0.25, 0.3) is 0 Å². The summed E-state index contributed by atoms with van der Waals surface area (Å²) in [6.45, 7) is 33.3. The highest BCUT2D eigenvalue weighted by atomic mass is 32.2. The van der Waals surface area contributed by atoms with Crippen molar-refractivity contribution in [2.45, 2.75) is 161 Å². The molecule has 0 spiro atoms. The number of hydrogen-bond acceptors (Lipinski definition) is 3. The van der Waals surface area contributed by atoms with Gasteiger partial charge in [0.05, 0.1) is 11.3 Å². The van der Waals surface area contributed by atoms with Gasteiger partial charge in [-0.05, 0) is 79.4 Å². The smallest absolute Gasteiger partial charge is 0.267 e. The molecule has 0 aliphatic heterocycles. The van der Waals surface area contributed by atoms with Gasteiger partial charge in [0.1, 0.15) is 0 Å². The maximum absolute atomic E-state index is 14.2. The Kier molecular flexibility index (Phi) is 14.9. The molecule has 0 bridgehead atoms. The Hall–Kier alpha value is -0.880. The van der Waals surface area contributed by atoms with E-state index in [-0.39, 0.29) is 28.1 Å². The van der Waals surface area contributed by atoms with Gasteiger partial charge in [-0.2, -0.15) is 8.42 Å². The minimum atomic E-state index is -4.25. The molecule has 2 N–H and O–H groups in total. The molecule has 0 fully saturated rings. The molecule has 0 heterocycles. The fourth-order valence-electron chi connectivity index (χ4n) is 7.15. The molecule has 0 rings (SSSR count). The second-order valence-electron chi connectivity index (χ2n) is 16.0. The van der Waals surface area contributed by atoms with Crippen molar-refractivity contribution in [2.75, 3.05) is 5.75 Å². The van der Waals surface area contributed by atoms with E-state index in [4.69, 9.17) is 0 Å². The van der Waals surface area contributed by atoms with Gasteiger partial charge in [-0.3, -0.25) is 9.35 Å². The number of amides is 1. The van der Waals surface area contributed by atoms with Gasteiger partial charge >= 0.3 is 0 Å². The summed E-state index contributed by atoms with van der Waals surface area (Å²) >= 11 is 0. The summed E-state index contributed by atoms with van der Waals surface area (Å²) < 4.78 is 33.0. The largest absolute Gasteiger partial charge is 0.350 e. The van der Waals surface area contributed by atoms with Crippen LogP contribution in [0.3, 0.4) is 0 Å². The van der Waals surface area contributed by atoms with Crippen molar-refractivity contribution >= 4 is 16.0 Å². The SMILES string of the molecule is CCC=C(CC)C(C)(C)C(CC(C)(C)C(C)(C)C(CCC)C(C)C(C)(C)CCCC)C(=O)NC(C)(C)CS(=O)(=O)O. The predicted molar refractivity (Wildman–Crippen MR) is 178 cm³/mol. The standard InChI is InChI=1S/C35H69NO4S/c1-16-20-23-31(6,7)26(5)28(22-18-3)35(14,15)32(8,9)24-29(34(12,13)27(19-4)21-17-2)30(37)36-33(10,11)25-41(38,39)40/h21,26,28-29H,16-20,22-25H2,1-15H3,(H,36,37)(H,38,39,40). The summed E-state index contributed by atoms with van der Waals surface area (Å²) in [4.78, 5) is 14.2. The third-order valence-electron chi connectivity index (χ3n) is 10.8. The highest BCUT2D eigenvalue weighted by Crippen LogP contribution is 2.57. The molecule has 0 aromatic rings. The van der Waals surface area contributed by atoms with Crippen molar-refractivity contribution in [3.63, 3.8) is 0 Å². The van der Waals surface area contributed by atoms with Crippen molar-refractivity contribution < 1.29 is 17.8 Å². The van der Waals surface area contributed by atoms with E-state index >= 15 is 0 Å². The Morgan fingerprint density at radius 2 is 1.44 bits per heavy atom. The van der Waals surface area contributed by atoms with Crippen LogP contribution in [0.15, 0.2) is 11.6 Å². The first-order chi connectivity index (χ1) is 18.4. The molecule has 244 valence electrons. The van der Waals surface area contributed by atoms with Crippen LogP contribution < -0.4 is 5.32 Å². The van der Waals surface area contributed by atoms with Crippen LogP contribution in [-0.2, 0) is 14.9 Å². The van der Waals surface area contributed by atoms with E-state index in [2.05, 4.69) is 101 Å². The number of allylic oxidation sites excluding steroid dienone is 2. The van der Waals surface area contributed by atoms with Crippen LogP contribution >= 0.6 is 0 Å². The number of rotatable bonds is 19. The van der Waals surface area contributed by atoms with Crippen LogP contribution in [0.2, 0.25) is 0 Å². The van der Waals surface area contributed by atoms with Gasteiger partial charge in [0.2, 0.25) is 5.91 Å². The topological polar surface area (TPSA) is 83.5 Å². The Labute approximate surface area is 256 Å². The number of unbranched alkanes of at least 4 members (excludes halogenated alkanes) is 1. The second-order valence-corrected chi connectivity index (χ2v) is 17.4. The molecule has 0 aromatic heterocycles. The van der Waals surface area contributed by atoms with Gasteiger partial charge in [0, 0.05) is 5.92 Å². The lowest BCUT2D eigenvalue weighted by Crippen LogP contribution is -2.54. The zero-order valence-electron chi connectivity index (χ0n) is 29.8. The van der Waals surface area contributed by atoms with Gasteiger partial charge in [0.15, 0.2) is 0 Å². The highest BCUT2D eigenvalue weighted by Gasteiger charge is 2.51. The summed E-state index contributed by atoms with van der Waals surface area (Å²) in [6, 6.07) is 0. The molecule has 5 nitrogen and oxygen atoms in total. The fraction of sp³-hybridized carbons (Fsp3) is 0.914. The van der Waals surface area contributed by atoms with Crippen molar-refractivity contribution in [3.05, 3.63) is 11.6 Å². The first-order valence-corrected chi connectivity index (χ1v) is 17.9. The summed E-state index contributed by atoms with van der Waals surface area (Å²) in [5.74, 6) is -0.0491. The average Bonchev–Trinajstić information content (AvgIpc) is 2.80. The highest BCUT2D eigenvalue weighted by molar-refractivity contribution is 7.85. The third kappa shape index (κ3) is 11.3. The molecule has 41 heavy (non-hydrogen) atoms. The first kappa shape index (κ1) is 40.1. The molecular formula is C35H69NO4S. The molecule has 3 atom stereocenters. The zero-order valence-corrected chi connectivity index (χ0v) is 30.6. The lowest BCUT2D eigenvalue weighted by atomic mass is 9.50. The van der Waals surface area contributed by atoms with Crippen molar-refractivity contribution in [3.8, 4) is 0 Å².